The second-order valence-electron chi connectivity index (χ2n) is 6.01. The van der Waals surface area contributed by atoms with E-state index in [2.05, 4.69) is 52.2 Å². The summed E-state index contributed by atoms with van der Waals surface area (Å²) in [5, 5.41) is 5.60. The molecule has 0 amide bonds. The third-order valence-corrected chi connectivity index (χ3v) is 6.07. The minimum atomic E-state index is 0.372. The summed E-state index contributed by atoms with van der Waals surface area (Å²) < 4.78 is 2.41. The lowest BCUT2D eigenvalue weighted by molar-refractivity contribution is 0.129. The van der Waals surface area contributed by atoms with Crippen LogP contribution < -0.4 is 5.32 Å². The molecule has 1 N–H and O–H groups in total. The van der Waals surface area contributed by atoms with Crippen molar-refractivity contribution in [2.45, 2.75) is 28.9 Å². The third kappa shape index (κ3) is 2.48. The molecule has 5 heteroatoms. The summed E-state index contributed by atoms with van der Waals surface area (Å²) >= 11 is 8.17. The van der Waals surface area contributed by atoms with Gasteiger partial charge in [-0.1, -0.05) is 23.4 Å². The minimum Gasteiger partial charge on any atom is -0.338 e. The zero-order chi connectivity index (χ0) is 15.1. The van der Waals surface area contributed by atoms with E-state index >= 15 is 0 Å². The average Bonchev–Trinajstić information content (AvgIpc) is 2.95. The Morgan fingerprint density at radius 1 is 1.23 bits per heavy atom. The molecule has 2 aliphatic rings. The Labute approximate surface area is 140 Å². The van der Waals surface area contributed by atoms with E-state index in [1.165, 1.54) is 15.5 Å². The molecule has 2 atom stereocenters. The highest BCUT2D eigenvalue weighted by Crippen LogP contribution is 2.46. The second-order valence-corrected chi connectivity index (χ2v) is 7.51. The number of fused-ring (bicyclic) bond motifs is 2. The molecule has 3 heterocycles. The first-order valence-electron chi connectivity index (χ1n) is 7.83. The maximum absolute atomic E-state index is 6.32. The van der Waals surface area contributed by atoms with Crippen LogP contribution in [0.1, 0.15) is 24.6 Å². The molecule has 22 heavy (non-hydrogen) atoms. The van der Waals surface area contributed by atoms with Crippen molar-refractivity contribution >= 4 is 23.4 Å². The molecule has 1 aromatic heterocycles. The van der Waals surface area contributed by atoms with Gasteiger partial charge in [-0.3, -0.25) is 4.90 Å². The molecular weight excluding hydrogens is 314 g/mol. The molecule has 1 aromatic carbocycles. The number of nitrogens with zero attached hydrogens (tertiary/aromatic N) is 2. The van der Waals surface area contributed by atoms with E-state index < -0.39 is 0 Å². The van der Waals surface area contributed by atoms with Gasteiger partial charge in [-0.2, -0.15) is 0 Å². The highest BCUT2D eigenvalue weighted by atomic mass is 35.5. The van der Waals surface area contributed by atoms with Crippen LogP contribution >= 0.6 is 23.4 Å². The van der Waals surface area contributed by atoms with Crippen LogP contribution in [-0.2, 0) is 0 Å². The van der Waals surface area contributed by atoms with Gasteiger partial charge in [0.25, 0.3) is 0 Å². The topological polar surface area (TPSA) is 20.2 Å². The summed E-state index contributed by atoms with van der Waals surface area (Å²) in [6.07, 6.45) is 2.20. The molecular formula is C17H20ClN3S. The molecule has 0 saturated carbocycles. The second kappa shape index (κ2) is 5.93. The Kier molecular flexibility index (Phi) is 3.95. The van der Waals surface area contributed by atoms with Gasteiger partial charge in [0.1, 0.15) is 0 Å². The molecule has 1 saturated heterocycles. The minimum absolute atomic E-state index is 0.372. The van der Waals surface area contributed by atoms with Crippen LogP contribution in [0.3, 0.4) is 0 Å². The van der Waals surface area contributed by atoms with E-state index in [0.29, 0.717) is 12.1 Å². The molecule has 2 unspecified atom stereocenters. The molecule has 0 spiro atoms. The van der Waals surface area contributed by atoms with Gasteiger partial charge in [-0.05, 0) is 42.8 Å². The normalized spacial score (nSPS) is 25.4. The fourth-order valence-corrected chi connectivity index (χ4v) is 4.95. The van der Waals surface area contributed by atoms with Crippen LogP contribution in [0.4, 0.5) is 0 Å². The van der Waals surface area contributed by atoms with Gasteiger partial charge < -0.3 is 9.88 Å². The molecule has 0 aliphatic carbocycles. The van der Waals surface area contributed by atoms with Gasteiger partial charge in [-0.25, -0.2) is 0 Å². The van der Waals surface area contributed by atoms with Gasteiger partial charge in [0.15, 0.2) is 0 Å². The van der Waals surface area contributed by atoms with Gasteiger partial charge in [0.2, 0.25) is 0 Å². The number of benzene rings is 1. The van der Waals surface area contributed by atoms with E-state index in [1.807, 2.05) is 17.8 Å². The van der Waals surface area contributed by atoms with E-state index in [0.717, 1.165) is 31.2 Å². The maximum atomic E-state index is 6.32. The van der Waals surface area contributed by atoms with Crippen molar-refractivity contribution < 1.29 is 0 Å². The number of aromatic nitrogens is 1. The fraction of sp³-hybridized carbons (Fsp3) is 0.412. The predicted molar refractivity (Wildman–Crippen MR) is 91.9 cm³/mol. The SMILES string of the molecule is CC1C(N2CCNCC2)c2cc(Cl)ccc2Sc2cccn21. The Hall–Kier alpha value is -0.940. The number of halogens is 1. The molecule has 2 aliphatic heterocycles. The van der Waals surface area contributed by atoms with Crippen LogP contribution in [0.15, 0.2) is 46.5 Å². The highest BCUT2D eigenvalue weighted by Gasteiger charge is 2.33. The lowest BCUT2D eigenvalue weighted by atomic mass is 9.97. The third-order valence-electron chi connectivity index (χ3n) is 4.69. The number of piperazine rings is 1. The van der Waals surface area contributed by atoms with Crippen molar-refractivity contribution in [1.29, 1.82) is 0 Å². The average molecular weight is 334 g/mol. The van der Waals surface area contributed by atoms with Crippen molar-refractivity contribution in [3.8, 4) is 0 Å². The molecule has 116 valence electrons. The van der Waals surface area contributed by atoms with Crippen molar-refractivity contribution in [2.75, 3.05) is 26.2 Å². The first kappa shape index (κ1) is 14.6. The lowest BCUT2D eigenvalue weighted by Gasteiger charge is -2.38. The lowest BCUT2D eigenvalue weighted by Crippen LogP contribution is -2.46. The largest absolute Gasteiger partial charge is 0.338 e. The molecule has 0 radical (unpaired) electrons. The molecule has 3 nitrogen and oxygen atoms in total. The monoisotopic (exact) mass is 333 g/mol. The van der Waals surface area contributed by atoms with Crippen molar-refractivity contribution in [1.82, 2.24) is 14.8 Å². The van der Waals surface area contributed by atoms with E-state index in [4.69, 9.17) is 11.6 Å². The fourth-order valence-electron chi connectivity index (χ4n) is 3.63. The number of nitrogens with one attached hydrogen (secondary N) is 1. The molecule has 0 bridgehead atoms. The van der Waals surface area contributed by atoms with Crippen LogP contribution in [-0.4, -0.2) is 35.6 Å². The highest BCUT2D eigenvalue weighted by molar-refractivity contribution is 7.99. The summed E-state index contributed by atoms with van der Waals surface area (Å²) in [7, 11) is 0. The van der Waals surface area contributed by atoms with Gasteiger partial charge in [0, 0.05) is 42.3 Å². The van der Waals surface area contributed by atoms with Gasteiger partial charge in [0.05, 0.1) is 17.1 Å². The van der Waals surface area contributed by atoms with Crippen LogP contribution in [0.25, 0.3) is 0 Å². The zero-order valence-corrected chi connectivity index (χ0v) is 14.2. The summed E-state index contributed by atoms with van der Waals surface area (Å²) in [6.45, 7) is 6.62. The van der Waals surface area contributed by atoms with E-state index in [9.17, 15) is 0 Å². The van der Waals surface area contributed by atoms with Crippen molar-refractivity contribution in [3.63, 3.8) is 0 Å². The summed E-state index contributed by atoms with van der Waals surface area (Å²) in [6, 6.07) is 11.5. The standard InChI is InChI=1S/C17H20ClN3S/c1-12-17(20-9-6-19-7-10-20)14-11-13(18)4-5-15(14)22-16-3-2-8-21(12)16/h2-5,8,11-12,17,19H,6-7,9-10H2,1H3. The van der Waals surface area contributed by atoms with E-state index in [1.54, 1.807) is 0 Å². The smallest absolute Gasteiger partial charge is 0.0799 e. The Balaban J connectivity index is 1.84. The Bertz CT molecular complexity index is 678. The number of rotatable bonds is 1. The van der Waals surface area contributed by atoms with Crippen LogP contribution in [0, 0.1) is 0 Å². The first-order valence-corrected chi connectivity index (χ1v) is 9.02. The van der Waals surface area contributed by atoms with Gasteiger partial charge >= 0.3 is 0 Å². The molecule has 2 aromatic rings. The van der Waals surface area contributed by atoms with Gasteiger partial charge in [-0.15, -0.1) is 0 Å². The Morgan fingerprint density at radius 3 is 2.86 bits per heavy atom. The zero-order valence-electron chi connectivity index (χ0n) is 12.6. The maximum Gasteiger partial charge on any atom is 0.0799 e. The number of hydrogen-bond acceptors (Lipinski definition) is 3. The summed E-state index contributed by atoms with van der Waals surface area (Å²) in [4.78, 5) is 3.93. The quantitative estimate of drug-likeness (QED) is 0.857. The molecule has 4 rings (SSSR count). The van der Waals surface area contributed by atoms with E-state index in [-0.39, 0.29) is 0 Å². The molecule has 1 fully saturated rings. The summed E-state index contributed by atoms with van der Waals surface area (Å²) in [5.74, 6) is 0. The van der Waals surface area contributed by atoms with Crippen LogP contribution in [0.2, 0.25) is 5.02 Å². The Morgan fingerprint density at radius 2 is 2.05 bits per heavy atom. The number of hydrogen-bond donors (Lipinski definition) is 1. The van der Waals surface area contributed by atoms with Crippen molar-refractivity contribution in [2.24, 2.45) is 0 Å². The predicted octanol–water partition coefficient (Wildman–Crippen LogP) is 3.81. The summed E-state index contributed by atoms with van der Waals surface area (Å²) in [5.41, 5.74) is 1.37. The van der Waals surface area contributed by atoms with Crippen molar-refractivity contribution in [3.05, 3.63) is 47.1 Å². The van der Waals surface area contributed by atoms with Crippen LogP contribution in [0.5, 0.6) is 0 Å². The first-order chi connectivity index (χ1) is 10.7.